The van der Waals surface area contributed by atoms with Gasteiger partial charge in [-0.3, -0.25) is 0 Å². The van der Waals surface area contributed by atoms with Gasteiger partial charge in [-0.15, -0.1) is 0 Å². The van der Waals surface area contributed by atoms with Crippen LogP contribution in [0.15, 0.2) is 0 Å². The van der Waals surface area contributed by atoms with Gasteiger partial charge >= 0.3 is 0 Å². The van der Waals surface area contributed by atoms with E-state index >= 15 is 0 Å². The maximum Gasteiger partial charge on any atom is -0.0318 e. The van der Waals surface area contributed by atoms with E-state index in [4.69, 9.17) is 0 Å². The molecule has 0 saturated heterocycles. The van der Waals surface area contributed by atoms with Gasteiger partial charge in [0.25, 0.3) is 0 Å². The topological polar surface area (TPSA) is 0 Å². The molecule has 3 rings (SSSR count). The third-order valence-corrected chi connectivity index (χ3v) is 4.14. The molecule has 3 fully saturated rings. The number of fused-ring (bicyclic) bond motifs is 1. The van der Waals surface area contributed by atoms with E-state index in [2.05, 4.69) is 6.92 Å². The molecule has 0 aromatic carbocycles. The van der Waals surface area contributed by atoms with E-state index < -0.39 is 0 Å². The van der Waals surface area contributed by atoms with Gasteiger partial charge in [-0.05, 0) is 42.4 Å². The minimum Gasteiger partial charge on any atom is -0.0619 e. The molecule has 0 bridgehead atoms. The van der Waals surface area contributed by atoms with Crippen LogP contribution in [0.2, 0.25) is 0 Å². The second kappa shape index (κ2) is 1.21. The standard InChI is InChI=1S/C9H14/c1-5-6-3-2-4-7-8(5)9(6)7/h5-9H,2-4H2,1H3. The van der Waals surface area contributed by atoms with Crippen LogP contribution in [0.5, 0.6) is 0 Å². The molecule has 0 aromatic rings. The molecule has 3 aliphatic rings. The van der Waals surface area contributed by atoms with Gasteiger partial charge in [-0.2, -0.15) is 0 Å². The van der Waals surface area contributed by atoms with Crippen molar-refractivity contribution in [3.05, 3.63) is 0 Å². The number of hydrogen-bond donors (Lipinski definition) is 0. The van der Waals surface area contributed by atoms with Crippen LogP contribution in [0.4, 0.5) is 0 Å². The van der Waals surface area contributed by atoms with Crippen molar-refractivity contribution in [3.8, 4) is 0 Å². The monoisotopic (exact) mass is 122 g/mol. The van der Waals surface area contributed by atoms with E-state index in [0.717, 1.165) is 5.92 Å². The summed E-state index contributed by atoms with van der Waals surface area (Å²) in [6.07, 6.45) is 4.70. The predicted molar refractivity (Wildman–Crippen MR) is 37.0 cm³/mol. The molecule has 0 aromatic heterocycles. The SMILES string of the molecule is CC1C2CCCC3C1C23. The summed E-state index contributed by atoms with van der Waals surface area (Å²) in [5.41, 5.74) is 0. The Morgan fingerprint density at radius 1 is 1.00 bits per heavy atom. The lowest BCUT2D eigenvalue weighted by atomic mass is 9.72. The Labute approximate surface area is 56.6 Å². The Bertz CT molecular complexity index is 130. The van der Waals surface area contributed by atoms with Crippen molar-refractivity contribution in [1.29, 1.82) is 0 Å². The lowest BCUT2D eigenvalue weighted by Gasteiger charge is -2.33. The van der Waals surface area contributed by atoms with Crippen LogP contribution in [0.1, 0.15) is 26.2 Å². The number of rotatable bonds is 0. The number of hydrogen-bond acceptors (Lipinski definition) is 0. The van der Waals surface area contributed by atoms with E-state index in [9.17, 15) is 0 Å². The molecule has 50 valence electrons. The lowest BCUT2D eigenvalue weighted by Crippen LogP contribution is -2.27. The van der Waals surface area contributed by atoms with Gasteiger partial charge < -0.3 is 0 Å². The third-order valence-electron chi connectivity index (χ3n) is 4.14. The molecule has 9 heavy (non-hydrogen) atoms. The van der Waals surface area contributed by atoms with Gasteiger partial charge in [0.1, 0.15) is 0 Å². The molecule has 0 spiro atoms. The second-order valence-corrected chi connectivity index (χ2v) is 4.27. The van der Waals surface area contributed by atoms with Gasteiger partial charge in [0.2, 0.25) is 0 Å². The Hall–Kier alpha value is 0. The van der Waals surface area contributed by atoms with Crippen molar-refractivity contribution < 1.29 is 0 Å². The molecule has 0 aliphatic heterocycles. The van der Waals surface area contributed by atoms with Gasteiger partial charge in [0.05, 0.1) is 0 Å². The first-order valence-corrected chi connectivity index (χ1v) is 4.39. The van der Waals surface area contributed by atoms with Gasteiger partial charge in [-0.1, -0.05) is 13.3 Å². The molecule has 5 unspecified atom stereocenters. The van der Waals surface area contributed by atoms with Crippen molar-refractivity contribution in [2.24, 2.45) is 29.6 Å². The lowest BCUT2D eigenvalue weighted by molar-refractivity contribution is 0.155. The average molecular weight is 122 g/mol. The molecular weight excluding hydrogens is 108 g/mol. The minimum absolute atomic E-state index is 1.13. The zero-order valence-electron chi connectivity index (χ0n) is 6.01. The first kappa shape index (κ1) is 4.76. The Morgan fingerprint density at radius 3 is 2.44 bits per heavy atom. The quantitative estimate of drug-likeness (QED) is 0.462. The molecule has 0 amide bonds. The zero-order valence-corrected chi connectivity index (χ0v) is 6.01. The van der Waals surface area contributed by atoms with E-state index in [1.165, 1.54) is 23.7 Å². The smallest absolute Gasteiger partial charge is 0.0318 e. The fraction of sp³-hybridized carbons (Fsp3) is 1.00. The summed E-state index contributed by atoms with van der Waals surface area (Å²) in [6, 6.07) is 0. The van der Waals surface area contributed by atoms with Gasteiger partial charge in [0, 0.05) is 0 Å². The molecule has 0 heteroatoms. The van der Waals surface area contributed by atoms with E-state index in [1.54, 1.807) is 19.3 Å². The van der Waals surface area contributed by atoms with Crippen LogP contribution in [-0.2, 0) is 0 Å². The summed E-state index contributed by atoms with van der Waals surface area (Å²) in [4.78, 5) is 0. The van der Waals surface area contributed by atoms with E-state index in [-0.39, 0.29) is 0 Å². The molecule has 3 aliphatic carbocycles. The van der Waals surface area contributed by atoms with Crippen LogP contribution in [0, 0.1) is 29.6 Å². The summed E-state index contributed by atoms with van der Waals surface area (Å²) in [7, 11) is 0. The summed E-state index contributed by atoms with van der Waals surface area (Å²) >= 11 is 0. The van der Waals surface area contributed by atoms with Crippen LogP contribution < -0.4 is 0 Å². The largest absolute Gasteiger partial charge is 0.0619 e. The van der Waals surface area contributed by atoms with E-state index in [0.29, 0.717) is 0 Å². The molecule has 0 N–H and O–H groups in total. The van der Waals surface area contributed by atoms with Crippen molar-refractivity contribution in [1.82, 2.24) is 0 Å². The molecule has 0 nitrogen and oxygen atoms in total. The zero-order chi connectivity index (χ0) is 6.01. The summed E-state index contributed by atoms with van der Waals surface area (Å²) in [5, 5.41) is 0. The van der Waals surface area contributed by atoms with Gasteiger partial charge in [-0.25, -0.2) is 0 Å². The highest BCUT2D eigenvalue weighted by atomic mass is 14.7. The van der Waals surface area contributed by atoms with Crippen molar-refractivity contribution in [3.63, 3.8) is 0 Å². The first-order valence-electron chi connectivity index (χ1n) is 4.39. The summed E-state index contributed by atoms with van der Waals surface area (Å²) in [5.74, 6) is 6.00. The van der Waals surface area contributed by atoms with Crippen LogP contribution in [0.3, 0.4) is 0 Å². The highest BCUT2D eigenvalue weighted by Gasteiger charge is 2.67. The molecular formula is C9H14. The Morgan fingerprint density at radius 2 is 1.78 bits per heavy atom. The van der Waals surface area contributed by atoms with Crippen molar-refractivity contribution in [2.45, 2.75) is 26.2 Å². The summed E-state index contributed by atoms with van der Waals surface area (Å²) < 4.78 is 0. The Balaban J connectivity index is 1.91. The highest BCUT2D eigenvalue weighted by Crippen LogP contribution is 2.73. The molecule has 3 saturated carbocycles. The van der Waals surface area contributed by atoms with Crippen molar-refractivity contribution >= 4 is 0 Å². The molecule has 0 heterocycles. The van der Waals surface area contributed by atoms with Crippen molar-refractivity contribution in [2.75, 3.05) is 0 Å². The second-order valence-electron chi connectivity index (χ2n) is 4.27. The fourth-order valence-electron chi connectivity index (χ4n) is 3.69. The Kier molecular flexibility index (Phi) is 0.640. The predicted octanol–water partition coefficient (Wildman–Crippen LogP) is 2.30. The molecule has 5 atom stereocenters. The van der Waals surface area contributed by atoms with Crippen LogP contribution in [0.25, 0.3) is 0 Å². The highest BCUT2D eigenvalue weighted by molar-refractivity contribution is 5.15. The van der Waals surface area contributed by atoms with Gasteiger partial charge in [0.15, 0.2) is 0 Å². The summed E-state index contributed by atoms with van der Waals surface area (Å²) in [6.45, 7) is 2.47. The molecule has 0 radical (unpaired) electrons. The minimum atomic E-state index is 1.13. The average Bonchev–Trinajstić information content (AvgIpc) is 2.57. The van der Waals surface area contributed by atoms with E-state index in [1.807, 2.05) is 0 Å². The maximum absolute atomic E-state index is 2.47. The third kappa shape index (κ3) is 0.367. The first-order chi connectivity index (χ1) is 4.39. The normalized spacial score (nSPS) is 68.3. The van der Waals surface area contributed by atoms with Crippen LogP contribution in [-0.4, -0.2) is 0 Å². The maximum atomic E-state index is 2.47. The fourth-order valence-corrected chi connectivity index (χ4v) is 3.69. The van der Waals surface area contributed by atoms with Crippen LogP contribution >= 0.6 is 0 Å².